The maximum Gasteiger partial charge on any atom is 0.323 e. The molecule has 3 rings (SSSR count). The summed E-state index contributed by atoms with van der Waals surface area (Å²) >= 11 is 5.84. The van der Waals surface area contributed by atoms with Crippen molar-refractivity contribution in [1.82, 2.24) is 5.32 Å². The third-order valence-corrected chi connectivity index (χ3v) is 4.05. The van der Waals surface area contributed by atoms with Crippen molar-refractivity contribution in [3.05, 3.63) is 95.0 Å². The van der Waals surface area contributed by atoms with Crippen LogP contribution >= 0.6 is 11.6 Å². The third kappa shape index (κ3) is 5.59. The molecule has 0 fully saturated rings. The Morgan fingerprint density at radius 1 is 0.741 bits per heavy atom. The largest absolute Gasteiger partial charge is 0.348 e. The maximum absolute atomic E-state index is 12.2. The molecular formula is C21H18ClN3O2. The van der Waals surface area contributed by atoms with Crippen LogP contribution in [0.2, 0.25) is 5.02 Å². The number of halogens is 1. The zero-order valence-electron chi connectivity index (χ0n) is 14.4. The molecular weight excluding hydrogens is 362 g/mol. The summed E-state index contributed by atoms with van der Waals surface area (Å²) in [6.45, 7) is 0.412. The van der Waals surface area contributed by atoms with Crippen molar-refractivity contribution < 1.29 is 9.59 Å². The first-order chi connectivity index (χ1) is 13.1. The first kappa shape index (κ1) is 18.5. The van der Waals surface area contributed by atoms with Gasteiger partial charge in [-0.15, -0.1) is 0 Å². The van der Waals surface area contributed by atoms with Crippen molar-refractivity contribution in [3.63, 3.8) is 0 Å². The Hall–Kier alpha value is -3.31. The number of urea groups is 1. The second kappa shape index (κ2) is 8.87. The molecule has 0 atom stereocenters. The molecule has 0 aliphatic heterocycles. The smallest absolute Gasteiger partial charge is 0.323 e. The number of benzene rings is 3. The number of nitrogens with one attached hydrogen (secondary N) is 3. The van der Waals surface area contributed by atoms with Gasteiger partial charge in [-0.05, 0) is 54.1 Å². The molecule has 3 aromatic rings. The highest BCUT2D eigenvalue weighted by Gasteiger charge is 2.07. The Morgan fingerprint density at radius 2 is 1.33 bits per heavy atom. The standard InChI is InChI=1S/C21H18ClN3O2/c22-17-10-6-15(7-11-17)14-23-20(26)16-8-12-19(13-9-16)25-21(27)24-18-4-2-1-3-5-18/h1-13H,14H2,(H,23,26)(H2,24,25,27). The monoisotopic (exact) mass is 379 g/mol. The van der Waals surface area contributed by atoms with Gasteiger partial charge in [0.1, 0.15) is 0 Å². The van der Waals surface area contributed by atoms with Crippen LogP contribution < -0.4 is 16.0 Å². The molecule has 27 heavy (non-hydrogen) atoms. The van der Waals surface area contributed by atoms with Crippen molar-refractivity contribution >= 4 is 34.9 Å². The highest BCUT2D eigenvalue weighted by molar-refractivity contribution is 6.30. The lowest BCUT2D eigenvalue weighted by molar-refractivity contribution is 0.0951. The average molecular weight is 380 g/mol. The normalized spacial score (nSPS) is 10.1. The number of hydrogen-bond acceptors (Lipinski definition) is 2. The molecule has 0 aromatic heterocycles. The number of rotatable bonds is 5. The summed E-state index contributed by atoms with van der Waals surface area (Å²) in [7, 11) is 0. The van der Waals surface area contributed by atoms with Crippen LogP contribution in [0.5, 0.6) is 0 Å². The minimum atomic E-state index is -0.346. The first-order valence-corrected chi connectivity index (χ1v) is 8.74. The SMILES string of the molecule is O=C(Nc1ccccc1)Nc1ccc(C(=O)NCc2ccc(Cl)cc2)cc1. The number of amides is 3. The van der Waals surface area contributed by atoms with Crippen LogP contribution in [0.15, 0.2) is 78.9 Å². The van der Waals surface area contributed by atoms with Crippen LogP contribution in [0, 0.1) is 0 Å². The summed E-state index contributed by atoms with van der Waals surface area (Å²) in [5, 5.41) is 8.96. The zero-order valence-corrected chi connectivity index (χ0v) is 15.2. The van der Waals surface area contributed by atoms with Crippen LogP contribution in [0.25, 0.3) is 0 Å². The molecule has 0 bridgehead atoms. The molecule has 0 saturated heterocycles. The maximum atomic E-state index is 12.2. The van der Waals surface area contributed by atoms with Gasteiger partial charge in [0.15, 0.2) is 0 Å². The Morgan fingerprint density at radius 3 is 1.96 bits per heavy atom. The van der Waals surface area contributed by atoms with Crippen LogP contribution in [0.3, 0.4) is 0 Å². The Kier molecular flexibility index (Phi) is 6.07. The predicted molar refractivity (Wildman–Crippen MR) is 108 cm³/mol. The summed E-state index contributed by atoms with van der Waals surface area (Å²) in [6.07, 6.45) is 0. The Labute approximate surface area is 162 Å². The molecule has 0 unspecified atom stereocenters. The number of anilines is 2. The number of hydrogen-bond donors (Lipinski definition) is 3. The number of carbonyl (C=O) groups excluding carboxylic acids is 2. The first-order valence-electron chi connectivity index (χ1n) is 8.36. The van der Waals surface area contributed by atoms with Gasteiger partial charge in [-0.1, -0.05) is 41.9 Å². The van der Waals surface area contributed by atoms with Crippen molar-refractivity contribution in [2.45, 2.75) is 6.54 Å². The number of para-hydroxylation sites is 1. The molecule has 5 nitrogen and oxygen atoms in total. The van der Waals surface area contributed by atoms with Crippen molar-refractivity contribution in [1.29, 1.82) is 0 Å². The quantitative estimate of drug-likeness (QED) is 0.589. The highest BCUT2D eigenvalue weighted by Crippen LogP contribution is 2.12. The lowest BCUT2D eigenvalue weighted by Crippen LogP contribution is -2.23. The molecule has 0 radical (unpaired) electrons. The van der Waals surface area contributed by atoms with Crippen molar-refractivity contribution in [2.75, 3.05) is 10.6 Å². The fourth-order valence-electron chi connectivity index (χ4n) is 2.41. The van der Waals surface area contributed by atoms with Crippen LogP contribution in [-0.2, 0) is 6.54 Å². The third-order valence-electron chi connectivity index (χ3n) is 3.80. The number of carbonyl (C=O) groups is 2. The molecule has 6 heteroatoms. The molecule has 0 spiro atoms. The van der Waals surface area contributed by atoms with E-state index < -0.39 is 0 Å². The fourth-order valence-corrected chi connectivity index (χ4v) is 2.53. The predicted octanol–water partition coefficient (Wildman–Crippen LogP) is 4.91. The molecule has 0 aliphatic carbocycles. The summed E-state index contributed by atoms with van der Waals surface area (Å²) in [5.41, 5.74) is 2.77. The molecule has 136 valence electrons. The molecule has 3 aromatic carbocycles. The summed E-state index contributed by atoms with van der Waals surface area (Å²) in [5.74, 6) is -0.190. The van der Waals surface area contributed by atoms with Gasteiger partial charge < -0.3 is 16.0 Å². The van der Waals surface area contributed by atoms with Gasteiger partial charge in [0.25, 0.3) is 5.91 Å². The molecule has 0 saturated carbocycles. The lowest BCUT2D eigenvalue weighted by Gasteiger charge is -2.09. The van der Waals surface area contributed by atoms with Gasteiger partial charge in [-0.2, -0.15) is 0 Å². The minimum absolute atomic E-state index is 0.190. The summed E-state index contributed by atoms with van der Waals surface area (Å²) in [6, 6.07) is 22.8. The minimum Gasteiger partial charge on any atom is -0.348 e. The fraction of sp³-hybridized carbons (Fsp3) is 0.0476. The topological polar surface area (TPSA) is 70.2 Å². The van der Waals surface area contributed by atoms with E-state index in [4.69, 9.17) is 11.6 Å². The second-order valence-electron chi connectivity index (χ2n) is 5.83. The lowest BCUT2D eigenvalue weighted by atomic mass is 10.1. The van der Waals surface area contributed by atoms with Crippen molar-refractivity contribution in [3.8, 4) is 0 Å². The second-order valence-corrected chi connectivity index (χ2v) is 6.27. The summed E-state index contributed by atoms with van der Waals surface area (Å²) < 4.78 is 0. The average Bonchev–Trinajstić information content (AvgIpc) is 2.68. The van der Waals surface area contributed by atoms with E-state index in [1.165, 1.54) is 0 Å². The van der Waals surface area contributed by atoms with Gasteiger partial charge in [0, 0.05) is 28.5 Å². The Balaban J connectivity index is 1.52. The Bertz CT molecular complexity index is 910. The van der Waals surface area contributed by atoms with Crippen LogP contribution in [0.4, 0.5) is 16.2 Å². The van der Waals surface area contributed by atoms with Gasteiger partial charge in [0.2, 0.25) is 0 Å². The van der Waals surface area contributed by atoms with E-state index in [0.717, 1.165) is 5.56 Å². The highest BCUT2D eigenvalue weighted by atomic mass is 35.5. The zero-order chi connectivity index (χ0) is 19.1. The van der Waals surface area contributed by atoms with Gasteiger partial charge in [0.05, 0.1) is 0 Å². The van der Waals surface area contributed by atoms with E-state index in [0.29, 0.717) is 28.5 Å². The van der Waals surface area contributed by atoms with Gasteiger partial charge >= 0.3 is 6.03 Å². The molecule has 3 N–H and O–H groups in total. The molecule has 0 heterocycles. The van der Waals surface area contributed by atoms with E-state index in [2.05, 4.69) is 16.0 Å². The van der Waals surface area contributed by atoms with Crippen molar-refractivity contribution in [2.24, 2.45) is 0 Å². The summed E-state index contributed by atoms with van der Waals surface area (Å²) in [4.78, 5) is 24.2. The van der Waals surface area contributed by atoms with Crippen LogP contribution in [-0.4, -0.2) is 11.9 Å². The van der Waals surface area contributed by atoms with Crippen LogP contribution in [0.1, 0.15) is 15.9 Å². The van der Waals surface area contributed by atoms with E-state index in [-0.39, 0.29) is 11.9 Å². The van der Waals surface area contributed by atoms with E-state index in [9.17, 15) is 9.59 Å². The van der Waals surface area contributed by atoms with E-state index >= 15 is 0 Å². The van der Waals surface area contributed by atoms with Gasteiger partial charge in [-0.3, -0.25) is 4.79 Å². The van der Waals surface area contributed by atoms with E-state index in [1.807, 2.05) is 30.3 Å². The molecule has 3 amide bonds. The van der Waals surface area contributed by atoms with Gasteiger partial charge in [-0.25, -0.2) is 4.79 Å². The van der Waals surface area contributed by atoms with E-state index in [1.54, 1.807) is 48.5 Å². The molecule has 0 aliphatic rings.